The molecule has 0 bridgehead atoms. The molecule has 1 aromatic heterocycles. The summed E-state index contributed by atoms with van der Waals surface area (Å²) >= 11 is 5.03. The molecule has 5 heteroatoms. The van der Waals surface area contributed by atoms with Crippen LogP contribution in [0.5, 0.6) is 0 Å². The fourth-order valence-electron chi connectivity index (χ4n) is 1.81. The zero-order valence-electron chi connectivity index (χ0n) is 10.4. The Hall–Kier alpha value is -0.940. The van der Waals surface area contributed by atoms with E-state index in [0.29, 0.717) is 6.42 Å². The highest BCUT2D eigenvalue weighted by molar-refractivity contribution is 9.10. The van der Waals surface area contributed by atoms with Crippen LogP contribution in [-0.2, 0) is 11.3 Å². The van der Waals surface area contributed by atoms with Gasteiger partial charge in [0.2, 0.25) is 5.91 Å². The van der Waals surface area contributed by atoms with Crippen molar-refractivity contribution in [1.29, 1.82) is 0 Å². The molecule has 0 saturated heterocycles. The molecule has 18 heavy (non-hydrogen) atoms. The standard InChI is InChI=1S/C13H15BrN2OS/c1-3-5-12(17)15-13-16(4-2)10-7-6-9(14)8-11(10)18-13/h6-8H,3-5H2,1-2H3. The Kier molecular flexibility index (Phi) is 4.35. The number of nitrogens with zero attached hydrogens (tertiary/aromatic N) is 2. The summed E-state index contributed by atoms with van der Waals surface area (Å²) in [5.41, 5.74) is 1.13. The largest absolute Gasteiger partial charge is 0.317 e. The number of hydrogen-bond donors (Lipinski definition) is 0. The van der Waals surface area contributed by atoms with E-state index >= 15 is 0 Å². The Morgan fingerprint density at radius 2 is 2.22 bits per heavy atom. The molecule has 0 saturated carbocycles. The van der Waals surface area contributed by atoms with Crippen LogP contribution >= 0.6 is 27.3 Å². The van der Waals surface area contributed by atoms with Crippen LogP contribution < -0.4 is 4.80 Å². The summed E-state index contributed by atoms with van der Waals surface area (Å²) in [5, 5.41) is 0. The van der Waals surface area contributed by atoms with Crippen molar-refractivity contribution in [2.45, 2.75) is 33.2 Å². The second kappa shape index (κ2) is 5.80. The number of rotatable bonds is 3. The SMILES string of the molecule is CCCC(=O)N=c1sc2cc(Br)ccc2n1CC. The zero-order valence-corrected chi connectivity index (χ0v) is 12.8. The molecule has 0 unspecified atom stereocenters. The van der Waals surface area contributed by atoms with Crippen molar-refractivity contribution in [3.8, 4) is 0 Å². The van der Waals surface area contributed by atoms with E-state index in [0.717, 1.165) is 32.5 Å². The molecule has 0 spiro atoms. The Morgan fingerprint density at radius 3 is 2.89 bits per heavy atom. The number of halogens is 1. The summed E-state index contributed by atoms with van der Waals surface area (Å²) in [6.45, 7) is 4.88. The maximum atomic E-state index is 11.6. The van der Waals surface area contributed by atoms with E-state index in [1.165, 1.54) is 0 Å². The highest BCUT2D eigenvalue weighted by atomic mass is 79.9. The normalized spacial score (nSPS) is 12.3. The molecule has 0 radical (unpaired) electrons. The molecule has 1 aromatic carbocycles. The maximum absolute atomic E-state index is 11.6. The van der Waals surface area contributed by atoms with Crippen LogP contribution in [-0.4, -0.2) is 10.5 Å². The third kappa shape index (κ3) is 2.72. The Balaban J connectivity index is 2.60. The number of aromatic nitrogens is 1. The molecule has 0 N–H and O–H groups in total. The number of aryl methyl sites for hydroxylation is 1. The Morgan fingerprint density at radius 1 is 1.44 bits per heavy atom. The molecule has 2 aromatic rings. The number of fused-ring (bicyclic) bond motifs is 1. The maximum Gasteiger partial charge on any atom is 0.248 e. The summed E-state index contributed by atoms with van der Waals surface area (Å²) in [7, 11) is 0. The summed E-state index contributed by atoms with van der Waals surface area (Å²) in [6, 6.07) is 6.14. The van der Waals surface area contributed by atoms with Gasteiger partial charge in [0.1, 0.15) is 0 Å². The first kappa shape index (κ1) is 13.5. The van der Waals surface area contributed by atoms with Gasteiger partial charge in [-0.3, -0.25) is 4.79 Å². The quantitative estimate of drug-likeness (QED) is 0.846. The van der Waals surface area contributed by atoms with Crippen molar-refractivity contribution in [1.82, 2.24) is 4.57 Å². The molecule has 2 rings (SSSR count). The molecular formula is C13H15BrN2OS. The van der Waals surface area contributed by atoms with Gasteiger partial charge in [-0.2, -0.15) is 4.99 Å². The molecule has 0 aliphatic heterocycles. The van der Waals surface area contributed by atoms with Gasteiger partial charge in [-0.15, -0.1) is 0 Å². The summed E-state index contributed by atoms with van der Waals surface area (Å²) in [4.78, 5) is 16.7. The highest BCUT2D eigenvalue weighted by Crippen LogP contribution is 2.22. The zero-order chi connectivity index (χ0) is 13.1. The van der Waals surface area contributed by atoms with Crippen molar-refractivity contribution in [2.75, 3.05) is 0 Å². The lowest BCUT2D eigenvalue weighted by molar-refractivity contribution is -0.118. The van der Waals surface area contributed by atoms with Crippen LogP contribution in [0.15, 0.2) is 27.7 Å². The molecule has 1 heterocycles. The van der Waals surface area contributed by atoms with Crippen LogP contribution in [0.2, 0.25) is 0 Å². The number of carbonyl (C=O) groups is 1. The molecule has 96 valence electrons. The van der Waals surface area contributed by atoms with Crippen LogP contribution in [0.4, 0.5) is 0 Å². The lowest BCUT2D eigenvalue weighted by Gasteiger charge is -1.99. The van der Waals surface area contributed by atoms with Crippen LogP contribution in [0.3, 0.4) is 0 Å². The van der Waals surface area contributed by atoms with Gasteiger partial charge in [-0.25, -0.2) is 0 Å². The average Bonchev–Trinajstić information content (AvgIpc) is 2.65. The topological polar surface area (TPSA) is 34.4 Å². The van der Waals surface area contributed by atoms with Crippen molar-refractivity contribution in [3.05, 3.63) is 27.5 Å². The fraction of sp³-hybridized carbons (Fsp3) is 0.385. The third-order valence-corrected chi connectivity index (χ3v) is 4.18. The first-order valence-corrected chi connectivity index (χ1v) is 7.63. The molecule has 0 atom stereocenters. The minimum atomic E-state index is -0.0367. The van der Waals surface area contributed by atoms with E-state index in [-0.39, 0.29) is 5.91 Å². The smallest absolute Gasteiger partial charge is 0.248 e. The van der Waals surface area contributed by atoms with E-state index in [1.807, 2.05) is 13.0 Å². The van der Waals surface area contributed by atoms with E-state index in [2.05, 4.69) is 44.5 Å². The van der Waals surface area contributed by atoms with Gasteiger partial charge in [0, 0.05) is 17.4 Å². The molecule has 0 aliphatic rings. The molecule has 1 amide bonds. The minimum Gasteiger partial charge on any atom is -0.317 e. The van der Waals surface area contributed by atoms with E-state index in [4.69, 9.17) is 0 Å². The predicted octanol–water partition coefficient (Wildman–Crippen LogP) is 3.71. The number of hydrogen-bond acceptors (Lipinski definition) is 2. The third-order valence-electron chi connectivity index (χ3n) is 2.65. The van der Waals surface area contributed by atoms with Crippen molar-refractivity contribution in [3.63, 3.8) is 0 Å². The lowest BCUT2D eigenvalue weighted by Crippen LogP contribution is -2.15. The lowest BCUT2D eigenvalue weighted by atomic mass is 10.3. The van der Waals surface area contributed by atoms with E-state index in [1.54, 1.807) is 11.3 Å². The van der Waals surface area contributed by atoms with Gasteiger partial charge in [0.15, 0.2) is 4.80 Å². The minimum absolute atomic E-state index is 0.0367. The molecule has 3 nitrogen and oxygen atoms in total. The van der Waals surface area contributed by atoms with Crippen LogP contribution in [0.1, 0.15) is 26.7 Å². The molecular weight excluding hydrogens is 312 g/mol. The Labute approximate surface area is 118 Å². The van der Waals surface area contributed by atoms with Crippen LogP contribution in [0.25, 0.3) is 10.2 Å². The number of amides is 1. The van der Waals surface area contributed by atoms with Gasteiger partial charge >= 0.3 is 0 Å². The number of benzene rings is 1. The number of carbonyl (C=O) groups excluding carboxylic acids is 1. The monoisotopic (exact) mass is 326 g/mol. The molecule has 0 fully saturated rings. The second-order valence-electron chi connectivity index (χ2n) is 4.00. The van der Waals surface area contributed by atoms with Gasteiger partial charge in [-0.05, 0) is 31.5 Å². The van der Waals surface area contributed by atoms with Crippen molar-refractivity contribution < 1.29 is 4.79 Å². The van der Waals surface area contributed by atoms with Crippen LogP contribution in [0, 0.1) is 0 Å². The van der Waals surface area contributed by atoms with E-state index in [9.17, 15) is 4.79 Å². The van der Waals surface area contributed by atoms with Crippen molar-refractivity contribution in [2.24, 2.45) is 4.99 Å². The molecule has 0 aliphatic carbocycles. The fourth-order valence-corrected chi connectivity index (χ4v) is 3.48. The summed E-state index contributed by atoms with van der Waals surface area (Å²) in [5.74, 6) is -0.0367. The highest BCUT2D eigenvalue weighted by Gasteiger charge is 2.06. The summed E-state index contributed by atoms with van der Waals surface area (Å²) in [6.07, 6.45) is 1.35. The van der Waals surface area contributed by atoms with Crippen molar-refractivity contribution >= 4 is 43.4 Å². The van der Waals surface area contributed by atoms with E-state index < -0.39 is 0 Å². The summed E-state index contributed by atoms with van der Waals surface area (Å²) < 4.78 is 4.28. The predicted molar refractivity (Wildman–Crippen MR) is 78.7 cm³/mol. The first-order valence-electron chi connectivity index (χ1n) is 6.02. The second-order valence-corrected chi connectivity index (χ2v) is 5.92. The first-order chi connectivity index (χ1) is 8.65. The van der Waals surface area contributed by atoms with Gasteiger partial charge < -0.3 is 4.57 Å². The average molecular weight is 327 g/mol. The number of thiazole rings is 1. The van der Waals surface area contributed by atoms with Gasteiger partial charge in [0.25, 0.3) is 0 Å². The van der Waals surface area contributed by atoms with Gasteiger partial charge in [-0.1, -0.05) is 34.2 Å². The van der Waals surface area contributed by atoms with Gasteiger partial charge in [0.05, 0.1) is 10.2 Å². The Bertz CT molecular complexity index is 642.